The zero-order valence-corrected chi connectivity index (χ0v) is 9.59. The summed E-state index contributed by atoms with van der Waals surface area (Å²) in [6, 6.07) is 3.89. The Bertz CT molecular complexity index is 343. The third-order valence-corrected chi connectivity index (χ3v) is 4.31. The van der Waals surface area contributed by atoms with Crippen molar-refractivity contribution in [3.63, 3.8) is 0 Å². The van der Waals surface area contributed by atoms with E-state index >= 15 is 0 Å². The molecule has 0 aliphatic heterocycles. The molecule has 1 aliphatic rings. The lowest BCUT2D eigenvalue weighted by atomic mass is 9.76. The second-order valence-electron chi connectivity index (χ2n) is 4.22. The van der Waals surface area contributed by atoms with Gasteiger partial charge in [0.15, 0.2) is 5.60 Å². The second kappa shape index (κ2) is 4.38. The van der Waals surface area contributed by atoms with Gasteiger partial charge in [-0.3, -0.25) is 0 Å². The van der Waals surface area contributed by atoms with E-state index < -0.39 is 5.60 Å². The molecule has 1 aromatic heterocycles. The van der Waals surface area contributed by atoms with Gasteiger partial charge in [-0.2, -0.15) is 0 Å². The molecule has 0 spiro atoms. The summed E-state index contributed by atoms with van der Waals surface area (Å²) in [5, 5.41) is 12.6. The zero-order valence-electron chi connectivity index (χ0n) is 8.78. The van der Waals surface area contributed by atoms with E-state index in [9.17, 15) is 5.11 Å². The zero-order chi connectivity index (χ0) is 10.7. The van der Waals surface area contributed by atoms with Crippen LogP contribution in [0.1, 0.15) is 37.0 Å². The molecular formula is C13H16OS. The molecule has 1 N–H and O–H groups in total. The average molecular weight is 220 g/mol. The van der Waals surface area contributed by atoms with E-state index in [1.807, 2.05) is 17.5 Å². The van der Waals surface area contributed by atoms with Crippen molar-refractivity contribution in [1.82, 2.24) is 0 Å². The first kappa shape index (κ1) is 10.7. The van der Waals surface area contributed by atoms with Gasteiger partial charge >= 0.3 is 0 Å². The first-order valence-electron chi connectivity index (χ1n) is 5.51. The molecular weight excluding hydrogens is 204 g/mol. The topological polar surface area (TPSA) is 20.2 Å². The predicted molar refractivity (Wildman–Crippen MR) is 63.6 cm³/mol. The molecule has 0 saturated heterocycles. The van der Waals surface area contributed by atoms with E-state index in [1.165, 1.54) is 19.3 Å². The minimum atomic E-state index is -1.02. The van der Waals surface area contributed by atoms with Gasteiger partial charge in [-0.25, -0.2) is 0 Å². The third-order valence-electron chi connectivity index (χ3n) is 3.31. The summed E-state index contributed by atoms with van der Waals surface area (Å²) in [5.41, 5.74) is -1.02. The van der Waals surface area contributed by atoms with Crippen LogP contribution in [0.2, 0.25) is 0 Å². The average Bonchev–Trinajstić information content (AvgIpc) is 2.83. The predicted octanol–water partition coefficient (Wildman–Crippen LogP) is 3.15. The van der Waals surface area contributed by atoms with E-state index in [4.69, 9.17) is 6.42 Å². The summed E-state index contributed by atoms with van der Waals surface area (Å²) in [4.78, 5) is 0.928. The van der Waals surface area contributed by atoms with Crippen LogP contribution in [0.3, 0.4) is 0 Å². The quantitative estimate of drug-likeness (QED) is 0.759. The molecule has 2 heteroatoms. The van der Waals surface area contributed by atoms with Crippen LogP contribution in [0, 0.1) is 18.3 Å². The SMILES string of the molecule is C#CC(O)(c1cccs1)C1CCCCC1. The highest BCUT2D eigenvalue weighted by molar-refractivity contribution is 7.10. The molecule has 0 amide bonds. The number of terminal acetylenes is 1. The van der Waals surface area contributed by atoms with Gasteiger partial charge in [-0.05, 0) is 24.3 Å². The van der Waals surface area contributed by atoms with Crippen molar-refractivity contribution in [2.75, 3.05) is 0 Å². The minimum Gasteiger partial charge on any atom is -0.372 e. The molecule has 1 nitrogen and oxygen atoms in total. The second-order valence-corrected chi connectivity index (χ2v) is 5.17. The highest BCUT2D eigenvalue weighted by Gasteiger charge is 2.37. The molecule has 15 heavy (non-hydrogen) atoms. The number of thiophene rings is 1. The van der Waals surface area contributed by atoms with Gasteiger partial charge in [-0.15, -0.1) is 17.8 Å². The summed E-state index contributed by atoms with van der Waals surface area (Å²) >= 11 is 1.56. The third kappa shape index (κ3) is 1.95. The van der Waals surface area contributed by atoms with Crippen molar-refractivity contribution in [3.05, 3.63) is 22.4 Å². The maximum Gasteiger partial charge on any atom is 0.162 e. The molecule has 0 radical (unpaired) electrons. The largest absolute Gasteiger partial charge is 0.372 e. The van der Waals surface area contributed by atoms with Crippen molar-refractivity contribution in [3.8, 4) is 12.3 Å². The Morgan fingerprint density at radius 2 is 2.13 bits per heavy atom. The summed E-state index contributed by atoms with van der Waals surface area (Å²) in [6.45, 7) is 0. The summed E-state index contributed by atoms with van der Waals surface area (Å²) < 4.78 is 0. The standard InChI is InChI=1S/C13H16OS/c1-2-13(14,12-9-6-10-15-12)11-7-4-3-5-8-11/h1,6,9-11,14H,3-5,7-8H2. The monoisotopic (exact) mass is 220 g/mol. The van der Waals surface area contributed by atoms with Gasteiger partial charge < -0.3 is 5.11 Å². The maximum absolute atomic E-state index is 10.6. The smallest absolute Gasteiger partial charge is 0.162 e. The van der Waals surface area contributed by atoms with E-state index in [0.717, 1.165) is 17.7 Å². The van der Waals surface area contributed by atoms with Crippen molar-refractivity contribution in [1.29, 1.82) is 0 Å². The van der Waals surface area contributed by atoms with E-state index in [-0.39, 0.29) is 5.92 Å². The Hall–Kier alpha value is -0.780. The van der Waals surface area contributed by atoms with Crippen molar-refractivity contribution in [2.24, 2.45) is 5.92 Å². The van der Waals surface area contributed by atoms with Crippen molar-refractivity contribution < 1.29 is 5.11 Å². The van der Waals surface area contributed by atoms with Gasteiger partial charge in [0, 0.05) is 10.8 Å². The fourth-order valence-corrected chi connectivity index (χ4v) is 3.27. The molecule has 0 bridgehead atoms. The highest BCUT2D eigenvalue weighted by Crippen LogP contribution is 2.40. The van der Waals surface area contributed by atoms with Crippen LogP contribution in [0.25, 0.3) is 0 Å². The Morgan fingerprint density at radius 3 is 2.67 bits per heavy atom. The molecule has 1 atom stereocenters. The lowest BCUT2D eigenvalue weighted by Crippen LogP contribution is -2.34. The van der Waals surface area contributed by atoms with E-state index in [0.29, 0.717) is 0 Å². The van der Waals surface area contributed by atoms with Crippen LogP contribution in [-0.4, -0.2) is 5.11 Å². The molecule has 80 valence electrons. The van der Waals surface area contributed by atoms with Crippen molar-refractivity contribution in [2.45, 2.75) is 37.7 Å². The van der Waals surface area contributed by atoms with Crippen LogP contribution in [-0.2, 0) is 5.60 Å². The maximum atomic E-state index is 10.6. The first-order chi connectivity index (χ1) is 7.27. The van der Waals surface area contributed by atoms with Crippen LogP contribution in [0.4, 0.5) is 0 Å². The van der Waals surface area contributed by atoms with Crippen molar-refractivity contribution >= 4 is 11.3 Å². The van der Waals surface area contributed by atoms with E-state index in [2.05, 4.69) is 5.92 Å². The first-order valence-corrected chi connectivity index (χ1v) is 6.39. The molecule has 1 saturated carbocycles. The van der Waals surface area contributed by atoms with E-state index in [1.54, 1.807) is 11.3 Å². The van der Waals surface area contributed by atoms with Crippen LogP contribution in [0.5, 0.6) is 0 Å². The highest BCUT2D eigenvalue weighted by atomic mass is 32.1. The summed E-state index contributed by atoms with van der Waals surface area (Å²) in [5.74, 6) is 2.86. The Kier molecular flexibility index (Phi) is 3.14. The number of rotatable bonds is 2. The molecule has 1 unspecified atom stereocenters. The minimum absolute atomic E-state index is 0.245. The molecule has 2 rings (SSSR count). The van der Waals surface area contributed by atoms with Gasteiger partial charge in [0.2, 0.25) is 0 Å². The molecule has 1 heterocycles. The number of aliphatic hydroxyl groups is 1. The van der Waals surface area contributed by atoms with Crippen LogP contribution < -0.4 is 0 Å². The van der Waals surface area contributed by atoms with Crippen LogP contribution in [0.15, 0.2) is 17.5 Å². The van der Waals surface area contributed by atoms with Gasteiger partial charge in [0.05, 0.1) is 0 Å². The summed E-state index contributed by atoms with van der Waals surface area (Å²) in [7, 11) is 0. The fourth-order valence-electron chi connectivity index (χ4n) is 2.41. The normalized spacial score (nSPS) is 21.9. The molecule has 1 aromatic rings. The van der Waals surface area contributed by atoms with Gasteiger partial charge in [0.1, 0.15) is 0 Å². The Balaban J connectivity index is 2.25. The molecule has 1 fully saturated rings. The Labute approximate surface area is 95.1 Å². The lowest BCUT2D eigenvalue weighted by Gasteiger charge is -2.33. The van der Waals surface area contributed by atoms with Gasteiger partial charge in [-0.1, -0.05) is 31.2 Å². The van der Waals surface area contributed by atoms with Gasteiger partial charge in [0.25, 0.3) is 0 Å². The molecule has 1 aliphatic carbocycles. The number of hydrogen-bond donors (Lipinski definition) is 1. The van der Waals surface area contributed by atoms with Crippen LogP contribution >= 0.6 is 11.3 Å². The summed E-state index contributed by atoms with van der Waals surface area (Å²) in [6.07, 6.45) is 11.3. The lowest BCUT2D eigenvalue weighted by molar-refractivity contribution is 0.0193. The number of hydrogen-bond acceptors (Lipinski definition) is 2. The fraction of sp³-hybridized carbons (Fsp3) is 0.538. The Morgan fingerprint density at radius 1 is 1.40 bits per heavy atom. The molecule has 0 aromatic carbocycles.